The van der Waals surface area contributed by atoms with Crippen LogP contribution in [0.5, 0.6) is 0 Å². The van der Waals surface area contributed by atoms with Crippen LogP contribution >= 0.6 is 0 Å². The monoisotopic (exact) mass is 549 g/mol. The van der Waals surface area contributed by atoms with Crippen LogP contribution in [-0.4, -0.2) is 77.6 Å². The Morgan fingerprint density at radius 1 is 0.949 bits per heavy atom. The summed E-state index contributed by atoms with van der Waals surface area (Å²) in [5.74, 6) is -0.291. The Kier molecular flexibility index (Phi) is 7.22. The average Bonchev–Trinajstić information content (AvgIpc) is 3.37. The number of aromatic nitrogens is 2. The number of aryl methyl sites for hydroxylation is 1. The number of hydrogen-bond acceptors (Lipinski definition) is 5. The van der Waals surface area contributed by atoms with Gasteiger partial charge >= 0.3 is 0 Å². The Balaban J connectivity index is 1.36. The van der Waals surface area contributed by atoms with E-state index in [0.717, 1.165) is 34.3 Å². The van der Waals surface area contributed by atoms with Crippen LogP contribution in [0.4, 0.5) is 4.39 Å². The minimum Gasteiger partial charge on any atom is -0.379 e. The number of fused-ring (bicyclic) bond motifs is 1. The molecule has 8 nitrogen and oxygen atoms in total. The Labute approximate surface area is 228 Å². The normalized spacial score (nSPS) is 20.0. The van der Waals surface area contributed by atoms with Gasteiger partial charge in [0.1, 0.15) is 5.82 Å². The van der Waals surface area contributed by atoms with Crippen molar-refractivity contribution in [2.24, 2.45) is 0 Å². The van der Waals surface area contributed by atoms with E-state index in [-0.39, 0.29) is 11.9 Å². The zero-order valence-corrected chi connectivity index (χ0v) is 22.7. The fraction of sp³-hybridized carbons (Fsp3) is 0.345. The van der Waals surface area contributed by atoms with Gasteiger partial charge in [-0.05, 0) is 60.0 Å². The molecule has 0 N–H and O–H groups in total. The maximum Gasteiger partial charge on any atom is 0.282 e. The number of halogens is 1. The maximum absolute atomic E-state index is 13.6. The van der Waals surface area contributed by atoms with Crippen molar-refractivity contribution in [3.63, 3.8) is 0 Å². The molecule has 39 heavy (non-hydrogen) atoms. The first-order chi connectivity index (χ1) is 18.9. The van der Waals surface area contributed by atoms with Crippen molar-refractivity contribution in [3.8, 4) is 5.69 Å². The molecule has 1 atom stereocenters. The molecule has 1 aromatic heterocycles. The molecule has 2 fully saturated rings. The first-order valence-electron chi connectivity index (χ1n) is 13.3. The van der Waals surface area contributed by atoms with Crippen molar-refractivity contribution in [1.29, 1.82) is 0 Å². The molecule has 4 aromatic rings. The van der Waals surface area contributed by atoms with Crippen LogP contribution in [-0.2, 0) is 21.5 Å². The van der Waals surface area contributed by atoms with Crippen molar-refractivity contribution in [3.05, 3.63) is 95.4 Å². The van der Waals surface area contributed by atoms with Gasteiger partial charge in [0.05, 0.1) is 30.6 Å². The van der Waals surface area contributed by atoms with Crippen molar-refractivity contribution < 1.29 is 17.5 Å². The standard InChI is InChI=1S/C29H32FN5O3S/c1-22-17-28-24(19-31-35(28)26-9-7-25(30)8-10-26)18-27(22)29-21-34(39(36,37)33-13-15-38-16-14-33)12-11-32(29)20-23-5-3-2-4-6-23/h2-10,17-19,29H,11-16,20-21H2,1H3/t29-/m0/s1. The first kappa shape index (κ1) is 26.1. The lowest BCUT2D eigenvalue weighted by Crippen LogP contribution is -2.55. The topological polar surface area (TPSA) is 70.9 Å². The zero-order chi connectivity index (χ0) is 27.0. The van der Waals surface area contributed by atoms with Gasteiger partial charge in [0, 0.05) is 50.7 Å². The smallest absolute Gasteiger partial charge is 0.282 e. The Morgan fingerprint density at radius 3 is 2.44 bits per heavy atom. The molecule has 2 aliphatic heterocycles. The van der Waals surface area contributed by atoms with Crippen molar-refractivity contribution in [1.82, 2.24) is 23.3 Å². The second-order valence-electron chi connectivity index (χ2n) is 10.1. The third-order valence-electron chi connectivity index (χ3n) is 7.69. The predicted molar refractivity (Wildman–Crippen MR) is 148 cm³/mol. The summed E-state index contributed by atoms with van der Waals surface area (Å²) in [4.78, 5) is 2.37. The summed E-state index contributed by atoms with van der Waals surface area (Å²) in [6.07, 6.45) is 1.81. The van der Waals surface area contributed by atoms with Gasteiger partial charge < -0.3 is 4.74 Å². The largest absolute Gasteiger partial charge is 0.379 e. The SMILES string of the molecule is Cc1cc2c(cnn2-c2ccc(F)cc2)cc1[C@@H]1CN(S(=O)(=O)N2CCOCC2)CCN1Cc1ccccc1. The average molecular weight is 550 g/mol. The summed E-state index contributed by atoms with van der Waals surface area (Å²) < 4.78 is 51.1. The van der Waals surface area contributed by atoms with Gasteiger partial charge in [-0.25, -0.2) is 9.07 Å². The summed E-state index contributed by atoms with van der Waals surface area (Å²) in [6, 6.07) is 20.7. The Morgan fingerprint density at radius 2 is 1.69 bits per heavy atom. The summed E-state index contributed by atoms with van der Waals surface area (Å²) in [7, 11) is -3.60. The quantitative estimate of drug-likeness (QED) is 0.365. The second kappa shape index (κ2) is 10.8. The fourth-order valence-corrected chi connectivity index (χ4v) is 7.17. The first-order valence-corrected chi connectivity index (χ1v) is 14.6. The molecule has 0 radical (unpaired) electrons. The molecule has 0 spiro atoms. The van der Waals surface area contributed by atoms with E-state index in [1.165, 1.54) is 17.7 Å². The summed E-state index contributed by atoms with van der Waals surface area (Å²) >= 11 is 0. The lowest BCUT2D eigenvalue weighted by atomic mass is 9.96. The van der Waals surface area contributed by atoms with Crippen molar-refractivity contribution >= 4 is 21.1 Å². The Hall–Kier alpha value is -3.15. The third-order valence-corrected chi connectivity index (χ3v) is 9.69. The summed E-state index contributed by atoms with van der Waals surface area (Å²) in [5, 5.41) is 5.53. The molecular formula is C29H32FN5O3S. The molecule has 6 rings (SSSR count). The number of nitrogens with zero attached hydrogens (tertiary/aromatic N) is 5. The number of morpholine rings is 1. The lowest BCUT2D eigenvalue weighted by molar-refractivity contribution is 0.0642. The van der Waals surface area contributed by atoms with Crippen LogP contribution in [0.1, 0.15) is 22.7 Å². The van der Waals surface area contributed by atoms with E-state index in [2.05, 4.69) is 41.2 Å². The highest BCUT2D eigenvalue weighted by atomic mass is 32.2. The van der Waals surface area contributed by atoms with Crippen LogP contribution in [0.15, 0.2) is 72.9 Å². The van der Waals surface area contributed by atoms with Gasteiger partial charge in [-0.2, -0.15) is 22.1 Å². The minimum absolute atomic E-state index is 0.131. The number of rotatable bonds is 6. The second-order valence-corrected chi connectivity index (χ2v) is 12.1. The predicted octanol–water partition coefficient (Wildman–Crippen LogP) is 3.91. The van der Waals surface area contributed by atoms with E-state index in [4.69, 9.17) is 4.74 Å². The summed E-state index contributed by atoms with van der Waals surface area (Å²) in [5.41, 5.74) is 5.03. The highest BCUT2D eigenvalue weighted by molar-refractivity contribution is 7.86. The maximum atomic E-state index is 13.6. The Bertz CT molecular complexity index is 1550. The van der Waals surface area contributed by atoms with Crippen LogP contribution < -0.4 is 0 Å². The van der Waals surface area contributed by atoms with E-state index >= 15 is 0 Å². The molecule has 0 amide bonds. The molecule has 204 valence electrons. The van der Waals surface area contributed by atoms with Crippen LogP contribution in [0.25, 0.3) is 16.6 Å². The van der Waals surface area contributed by atoms with Gasteiger partial charge in [-0.15, -0.1) is 0 Å². The van der Waals surface area contributed by atoms with E-state index < -0.39 is 10.2 Å². The molecule has 2 aliphatic rings. The van der Waals surface area contributed by atoms with Gasteiger partial charge in [-0.3, -0.25) is 4.90 Å². The number of hydrogen-bond donors (Lipinski definition) is 0. The van der Waals surface area contributed by atoms with Crippen LogP contribution in [0.3, 0.4) is 0 Å². The van der Waals surface area contributed by atoms with Crippen molar-refractivity contribution in [2.45, 2.75) is 19.5 Å². The molecule has 0 saturated carbocycles. The molecule has 3 aromatic carbocycles. The van der Waals surface area contributed by atoms with Gasteiger partial charge in [0.25, 0.3) is 10.2 Å². The number of benzene rings is 3. The molecular weight excluding hydrogens is 517 g/mol. The molecule has 2 saturated heterocycles. The fourth-order valence-electron chi connectivity index (χ4n) is 5.59. The molecule has 0 bridgehead atoms. The van der Waals surface area contributed by atoms with E-state index in [1.54, 1.807) is 20.7 Å². The minimum atomic E-state index is -3.60. The van der Waals surface area contributed by atoms with E-state index in [0.29, 0.717) is 45.9 Å². The third kappa shape index (κ3) is 5.22. The molecule has 3 heterocycles. The zero-order valence-electron chi connectivity index (χ0n) is 21.9. The lowest BCUT2D eigenvalue weighted by Gasteiger charge is -2.43. The molecule has 0 unspecified atom stereocenters. The van der Waals surface area contributed by atoms with Gasteiger partial charge in [0.15, 0.2) is 0 Å². The van der Waals surface area contributed by atoms with Crippen LogP contribution in [0.2, 0.25) is 0 Å². The van der Waals surface area contributed by atoms with Gasteiger partial charge in [0.2, 0.25) is 0 Å². The number of piperazine rings is 1. The highest BCUT2D eigenvalue weighted by Gasteiger charge is 2.38. The number of ether oxygens (including phenoxy) is 1. The van der Waals surface area contributed by atoms with E-state index in [1.807, 2.05) is 29.1 Å². The summed E-state index contributed by atoms with van der Waals surface area (Å²) in [6.45, 7) is 5.81. The molecule has 10 heteroatoms. The van der Waals surface area contributed by atoms with Gasteiger partial charge in [-0.1, -0.05) is 30.3 Å². The van der Waals surface area contributed by atoms with Crippen molar-refractivity contribution in [2.75, 3.05) is 45.9 Å². The molecule has 0 aliphatic carbocycles. The van der Waals surface area contributed by atoms with E-state index in [9.17, 15) is 12.8 Å². The highest BCUT2D eigenvalue weighted by Crippen LogP contribution is 2.34. The van der Waals surface area contributed by atoms with Crippen LogP contribution in [0, 0.1) is 12.7 Å².